The van der Waals surface area contributed by atoms with E-state index in [9.17, 15) is 14.4 Å². The molecule has 2 aliphatic rings. The molecule has 1 aromatic carbocycles. The van der Waals surface area contributed by atoms with Crippen LogP contribution in [-0.2, 0) is 23.8 Å². The molecule has 1 fully saturated rings. The summed E-state index contributed by atoms with van der Waals surface area (Å²) in [5.74, 6) is -1.00. The van der Waals surface area contributed by atoms with Crippen LogP contribution in [0.15, 0.2) is 29.8 Å². The van der Waals surface area contributed by atoms with Crippen molar-refractivity contribution in [2.24, 2.45) is 0 Å². The standard InChI is InChI=1S/C28H38N4O6/c1-27(2,3)37-23(33)20-21(24(34)38-28(4,5)6)32(26(35)36-7)25-30-18-15-11-12-16-19(18)31(25)22(20)29-17-13-9-8-10-14-17/h11-12,15-17,21,29H,8-10,13-14H2,1-7H3. The van der Waals surface area contributed by atoms with Crippen molar-refractivity contribution >= 4 is 40.8 Å². The average Bonchev–Trinajstić information content (AvgIpc) is 3.21. The molecule has 1 unspecified atom stereocenters. The summed E-state index contributed by atoms with van der Waals surface area (Å²) in [5, 5.41) is 3.55. The largest absolute Gasteiger partial charge is 0.458 e. The number of methoxy groups -OCH3 is 1. The van der Waals surface area contributed by atoms with Crippen molar-refractivity contribution in [2.75, 3.05) is 12.0 Å². The summed E-state index contributed by atoms with van der Waals surface area (Å²) in [5.41, 5.74) is -0.509. The Morgan fingerprint density at radius 1 is 0.947 bits per heavy atom. The van der Waals surface area contributed by atoms with Crippen molar-refractivity contribution in [2.45, 2.75) is 96.9 Å². The van der Waals surface area contributed by atoms with E-state index in [0.717, 1.165) is 37.0 Å². The number of rotatable bonds is 4. The number of amides is 1. The highest BCUT2D eigenvalue weighted by molar-refractivity contribution is 6.11. The topological polar surface area (TPSA) is 112 Å². The van der Waals surface area contributed by atoms with Crippen molar-refractivity contribution in [3.05, 3.63) is 29.8 Å². The van der Waals surface area contributed by atoms with Gasteiger partial charge in [0.05, 0.1) is 18.1 Å². The minimum Gasteiger partial charge on any atom is -0.458 e. The first-order valence-corrected chi connectivity index (χ1v) is 13.1. The minimum absolute atomic E-state index is 0.0270. The van der Waals surface area contributed by atoms with E-state index < -0.39 is 35.3 Å². The predicted molar refractivity (Wildman–Crippen MR) is 143 cm³/mol. The number of fused-ring (bicyclic) bond motifs is 3. The predicted octanol–water partition coefficient (Wildman–Crippen LogP) is 4.77. The molecule has 4 rings (SSSR count). The zero-order chi connectivity index (χ0) is 27.8. The summed E-state index contributed by atoms with van der Waals surface area (Å²) in [6, 6.07) is 5.93. The molecule has 0 spiro atoms. The van der Waals surface area contributed by atoms with Crippen LogP contribution in [0, 0.1) is 0 Å². The van der Waals surface area contributed by atoms with Gasteiger partial charge in [-0.1, -0.05) is 31.4 Å². The lowest BCUT2D eigenvalue weighted by molar-refractivity contribution is -0.159. The highest BCUT2D eigenvalue weighted by atomic mass is 16.6. The number of para-hydroxylation sites is 2. The molecule has 2 heterocycles. The first-order chi connectivity index (χ1) is 17.8. The molecule has 0 saturated heterocycles. The Labute approximate surface area is 223 Å². The van der Waals surface area contributed by atoms with Gasteiger partial charge in [0.15, 0.2) is 6.04 Å². The Morgan fingerprint density at radius 2 is 1.58 bits per heavy atom. The molecule has 1 saturated carbocycles. The molecule has 38 heavy (non-hydrogen) atoms. The van der Waals surface area contributed by atoms with Gasteiger partial charge in [0.25, 0.3) is 0 Å². The van der Waals surface area contributed by atoms with Crippen molar-refractivity contribution < 1.29 is 28.6 Å². The number of anilines is 1. The quantitative estimate of drug-likeness (QED) is 0.448. The molecular formula is C28H38N4O6. The van der Waals surface area contributed by atoms with E-state index in [-0.39, 0.29) is 17.6 Å². The van der Waals surface area contributed by atoms with Gasteiger partial charge < -0.3 is 19.5 Å². The van der Waals surface area contributed by atoms with E-state index >= 15 is 0 Å². The van der Waals surface area contributed by atoms with Crippen LogP contribution in [0.3, 0.4) is 0 Å². The first-order valence-electron chi connectivity index (χ1n) is 13.1. The fraction of sp³-hybridized carbons (Fsp3) is 0.571. The summed E-state index contributed by atoms with van der Waals surface area (Å²) in [4.78, 5) is 46.8. The molecule has 10 nitrogen and oxygen atoms in total. The zero-order valence-electron chi connectivity index (χ0n) is 23.3. The number of carbonyl (C=O) groups is 3. The number of benzene rings is 1. The second-order valence-corrected chi connectivity index (χ2v) is 11.8. The van der Waals surface area contributed by atoms with Crippen LogP contribution in [0.1, 0.15) is 73.6 Å². The van der Waals surface area contributed by atoms with E-state index in [0.29, 0.717) is 16.9 Å². The van der Waals surface area contributed by atoms with Crippen LogP contribution in [0.2, 0.25) is 0 Å². The van der Waals surface area contributed by atoms with Gasteiger partial charge in [0.2, 0.25) is 5.95 Å². The molecule has 0 bridgehead atoms. The van der Waals surface area contributed by atoms with Gasteiger partial charge in [-0.25, -0.2) is 24.3 Å². The number of aromatic nitrogens is 2. The van der Waals surface area contributed by atoms with Gasteiger partial charge in [0, 0.05) is 6.04 Å². The summed E-state index contributed by atoms with van der Waals surface area (Å²) in [6.45, 7) is 10.4. The molecule has 1 N–H and O–H groups in total. The van der Waals surface area contributed by atoms with Crippen LogP contribution < -0.4 is 10.2 Å². The van der Waals surface area contributed by atoms with E-state index in [1.54, 1.807) is 46.1 Å². The Balaban J connectivity index is 2.03. The third kappa shape index (κ3) is 5.63. The zero-order valence-corrected chi connectivity index (χ0v) is 23.3. The van der Waals surface area contributed by atoms with E-state index in [2.05, 4.69) is 5.32 Å². The maximum absolute atomic E-state index is 13.9. The van der Waals surface area contributed by atoms with Gasteiger partial charge >= 0.3 is 18.0 Å². The highest BCUT2D eigenvalue weighted by Gasteiger charge is 2.49. The van der Waals surface area contributed by atoms with Crippen LogP contribution in [0.25, 0.3) is 16.9 Å². The third-order valence-corrected chi connectivity index (χ3v) is 6.34. The highest BCUT2D eigenvalue weighted by Crippen LogP contribution is 2.38. The molecule has 1 amide bonds. The van der Waals surface area contributed by atoms with E-state index in [1.165, 1.54) is 7.11 Å². The fourth-order valence-electron chi connectivity index (χ4n) is 4.88. The Kier molecular flexibility index (Phi) is 7.45. The van der Waals surface area contributed by atoms with Gasteiger partial charge in [-0.3, -0.25) is 4.57 Å². The average molecular weight is 527 g/mol. The SMILES string of the molecule is COC(=O)N1c2nc3ccccc3n2C(NC2CCCCC2)=C(C(=O)OC(C)(C)C)C1C(=O)OC(C)(C)C. The number of imidazole rings is 1. The number of ether oxygens (including phenoxy) is 3. The number of nitrogens with zero attached hydrogens (tertiary/aromatic N) is 3. The van der Waals surface area contributed by atoms with Crippen molar-refractivity contribution in [3.8, 4) is 0 Å². The lowest BCUT2D eigenvalue weighted by atomic mass is 9.94. The normalized spacial score (nSPS) is 18.7. The summed E-state index contributed by atoms with van der Waals surface area (Å²) < 4.78 is 18.4. The first kappa shape index (κ1) is 27.5. The molecule has 0 radical (unpaired) electrons. The molecule has 10 heteroatoms. The molecular weight excluding hydrogens is 488 g/mol. The van der Waals surface area contributed by atoms with Gasteiger partial charge in [0.1, 0.15) is 22.6 Å². The fourth-order valence-corrected chi connectivity index (χ4v) is 4.88. The Hall–Kier alpha value is -3.56. The summed E-state index contributed by atoms with van der Waals surface area (Å²) >= 11 is 0. The lowest BCUT2D eigenvalue weighted by Crippen LogP contribution is -2.55. The monoisotopic (exact) mass is 526 g/mol. The maximum Gasteiger partial charge on any atom is 0.417 e. The number of hydrogen-bond acceptors (Lipinski definition) is 8. The van der Waals surface area contributed by atoms with Crippen LogP contribution >= 0.6 is 0 Å². The van der Waals surface area contributed by atoms with Gasteiger partial charge in [-0.05, 0) is 66.5 Å². The lowest BCUT2D eigenvalue weighted by Gasteiger charge is -2.38. The Morgan fingerprint density at radius 3 is 2.18 bits per heavy atom. The number of hydrogen-bond donors (Lipinski definition) is 1. The molecule has 1 aromatic heterocycles. The number of esters is 2. The minimum atomic E-state index is -1.48. The summed E-state index contributed by atoms with van der Waals surface area (Å²) in [7, 11) is 1.22. The van der Waals surface area contributed by atoms with Crippen molar-refractivity contribution in [3.63, 3.8) is 0 Å². The maximum atomic E-state index is 13.9. The smallest absolute Gasteiger partial charge is 0.417 e. The molecule has 1 aliphatic heterocycles. The van der Waals surface area contributed by atoms with Crippen molar-refractivity contribution in [1.29, 1.82) is 0 Å². The third-order valence-electron chi connectivity index (χ3n) is 6.34. The van der Waals surface area contributed by atoms with Crippen LogP contribution in [-0.4, -0.2) is 58.0 Å². The van der Waals surface area contributed by atoms with E-state index in [4.69, 9.17) is 19.2 Å². The van der Waals surface area contributed by atoms with Crippen LogP contribution in [0.4, 0.5) is 10.7 Å². The van der Waals surface area contributed by atoms with Crippen LogP contribution in [0.5, 0.6) is 0 Å². The summed E-state index contributed by atoms with van der Waals surface area (Å²) in [6.07, 6.45) is 4.21. The van der Waals surface area contributed by atoms with E-state index in [1.807, 2.05) is 24.3 Å². The molecule has 1 aliphatic carbocycles. The van der Waals surface area contributed by atoms with Gasteiger partial charge in [-0.15, -0.1) is 0 Å². The number of nitrogens with one attached hydrogen (secondary N) is 1. The van der Waals surface area contributed by atoms with Crippen molar-refractivity contribution in [1.82, 2.24) is 14.9 Å². The van der Waals surface area contributed by atoms with Gasteiger partial charge in [-0.2, -0.15) is 0 Å². The number of carbonyl (C=O) groups excluding carboxylic acids is 3. The Bertz CT molecular complexity index is 1260. The second-order valence-electron chi connectivity index (χ2n) is 11.8. The molecule has 206 valence electrons. The molecule has 1 atom stereocenters. The molecule has 2 aromatic rings. The second kappa shape index (κ2) is 10.3.